The maximum absolute atomic E-state index is 11.8. The van der Waals surface area contributed by atoms with Crippen molar-refractivity contribution in [1.29, 1.82) is 0 Å². The molecule has 0 heterocycles. The monoisotopic (exact) mass is 281 g/mol. The summed E-state index contributed by atoms with van der Waals surface area (Å²) >= 11 is 0. The highest BCUT2D eigenvalue weighted by Gasteiger charge is 2.27. The Bertz CT molecular complexity index is 442. The van der Waals surface area contributed by atoms with Gasteiger partial charge in [0.25, 0.3) is 0 Å². The van der Waals surface area contributed by atoms with Gasteiger partial charge in [-0.25, -0.2) is 9.59 Å². The summed E-state index contributed by atoms with van der Waals surface area (Å²) in [6, 6.07) is 8.05. The number of hydrogen-bond acceptors (Lipinski definition) is 4. The van der Waals surface area contributed by atoms with Gasteiger partial charge >= 0.3 is 12.1 Å². The maximum atomic E-state index is 11.8. The van der Waals surface area contributed by atoms with E-state index in [-0.39, 0.29) is 0 Å². The lowest BCUT2D eigenvalue weighted by molar-refractivity contribution is -0.143. The van der Waals surface area contributed by atoms with E-state index in [1.54, 1.807) is 24.3 Å². The van der Waals surface area contributed by atoms with E-state index in [4.69, 9.17) is 9.16 Å². The van der Waals surface area contributed by atoms with Gasteiger partial charge in [0.1, 0.15) is 0 Å². The van der Waals surface area contributed by atoms with Crippen molar-refractivity contribution in [3.63, 3.8) is 0 Å². The molecule has 104 valence electrons. The fourth-order valence-corrected chi connectivity index (χ4v) is 2.08. The molecule has 0 bridgehead atoms. The second-order valence-electron chi connectivity index (χ2n) is 5.01. The van der Waals surface area contributed by atoms with E-state index in [2.05, 4.69) is 5.32 Å². The molecule has 0 saturated heterocycles. The highest BCUT2D eigenvalue weighted by atomic mass is 28.4. The third-order valence-electron chi connectivity index (χ3n) is 2.23. The van der Waals surface area contributed by atoms with Crippen LogP contribution in [-0.2, 0) is 14.0 Å². The van der Waals surface area contributed by atoms with Crippen LogP contribution in [0, 0.1) is 0 Å². The molecule has 0 radical (unpaired) electrons. The first-order valence-corrected chi connectivity index (χ1v) is 9.36. The SMILES string of the molecule is COC(=O)C(NC(=O)O[Si](C)(C)C)c1ccccc1. The van der Waals surface area contributed by atoms with Crippen molar-refractivity contribution in [3.8, 4) is 0 Å². The molecular weight excluding hydrogens is 262 g/mol. The number of carbonyl (C=O) groups excluding carboxylic acids is 2. The summed E-state index contributed by atoms with van der Waals surface area (Å²) in [4.78, 5) is 23.5. The standard InChI is InChI=1S/C13H19NO4Si/c1-17-12(15)11(10-8-6-5-7-9-10)14-13(16)18-19(2,3)4/h5-9,11H,1-4H3,(H,14,16). The summed E-state index contributed by atoms with van der Waals surface area (Å²) in [6.07, 6.45) is -0.599. The molecule has 1 amide bonds. The summed E-state index contributed by atoms with van der Waals surface area (Å²) < 4.78 is 9.97. The van der Waals surface area contributed by atoms with E-state index in [0.29, 0.717) is 5.56 Å². The largest absolute Gasteiger partial charge is 0.504 e. The second kappa shape index (κ2) is 6.37. The molecule has 0 aliphatic rings. The molecule has 19 heavy (non-hydrogen) atoms. The van der Waals surface area contributed by atoms with Crippen molar-refractivity contribution in [2.24, 2.45) is 0 Å². The van der Waals surface area contributed by atoms with Crippen LogP contribution in [0.3, 0.4) is 0 Å². The van der Waals surface area contributed by atoms with Gasteiger partial charge in [-0.2, -0.15) is 0 Å². The van der Waals surface area contributed by atoms with Gasteiger partial charge in [-0.15, -0.1) is 0 Å². The number of methoxy groups -OCH3 is 1. The first kappa shape index (κ1) is 15.2. The minimum Gasteiger partial charge on any atom is -0.504 e. The van der Waals surface area contributed by atoms with E-state index < -0.39 is 26.4 Å². The van der Waals surface area contributed by atoms with Crippen LogP contribution in [-0.4, -0.2) is 27.5 Å². The van der Waals surface area contributed by atoms with E-state index in [9.17, 15) is 9.59 Å². The Balaban J connectivity index is 2.83. The molecule has 1 N–H and O–H groups in total. The van der Waals surface area contributed by atoms with Crippen LogP contribution in [0.1, 0.15) is 11.6 Å². The molecule has 1 aromatic carbocycles. The number of amides is 1. The number of nitrogens with one attached hydrogen (secondary N) is 1. The minimum atomic E-state index is -2.00. The first-order chi connectivity index (χ1) is 8.83. The lowest BCUT2D eigenvalue weighted by Gasteiger charge is -2.21. The highest BCUT2D eigenvalue weighted by Crippen LogP contribution is 2.15. The van der Waals surface area contributed by atoms with Gasteiger partial charge < -0.3 is 14.5 Å². The van der Waals surface area contributed by atoms with Crippen molar-refractivity contribution < 1.29 is 18.8 Å². The summed E-state index contributed by atoms with van der Waals surface area (Å²) in [5.41, 5.74) is 0.655. The predicted octanol–water partition coefficient (Wildman–Crippen LogP) is 2.46. The molecule has 6 heteroatoms. The topological polar surface area (TPSA) is 64.6 Å². The fraction of sp³-hybridized carbons (Fsp3) is 0.385. The number of esters is 1. The maximum Gasteiger partial charge on any atom is 0.394 e. The zero-order valence-corrected chi connectivity index (χ0v) is 12.6. The first-order valence-electron chi connectivity index (χ1n) is 5.96. The van der Waals surface area contributed by atoms with E-state index in [1.807, 2.05) is 25.7 Å². The Labute approximate surface area is 114 Å². The Morgan fingerprint density at radius 1 is 1.16 bits per heavy atom. The van der Waals surface area contributed by atoms with Crippen LogP contribution >= 0.6 is 0 Å². The van der Waals surface area contributed by atoms with Crippen molar-refractivity contribution >= 4 is 20.4 Å². The molecule has 0 aliphatic heterocycles. The lowest BCUT2D eigenvalue weighted by Crippen LogP contribution is -2.40. The summed E-state index contributed by atoms with van der Waals surface area (Å²) in [7, 11) is -0.716. The molecule has 0 aromatic heterocycles. The molecule has 1 atom stereocenters. The van der Waals surface area contributed by atoms with Gasteiger partial charge in [0, 0.05) is 0 Å². The van der Waals surface area contributed by atoms with Crippen molar-refractivity contribution in [2.75, 3.05) is 7.11 Å². The van der Waals surface area contributed by atoms with Crippen LogP contribution in [0.2, 0.25) is 19.6 Å². The molecule has 1 rings (SSSR count). The molecule has 0 spiro atoms. The second-order valence-corrected chi connectivity index (χ2v) is 9.44. The van der Waals surface area contributed by atoms with E-state index in [0.717, 1.165) is 0 Å². The zero-order valence-electron chi connectivity index (χ0n) is 11.6. The molecule has 5 nitrogen and oxygen atoms in total. The summed E-state index contributed by atoms with van der Waals surface area (Å²) in [5.74, 6) is -0.529. The van der Waals surface area contributed by atoms with Crippen LogP contribution in [0.4, 0.5) is 4.79 Å². The van der Waals surface area contributed by atoms with Crippen molar-refractivity contribution in [1.82, 2.24) is 5.32 Å². The minimum absolute atomic E-state index is 0.529. The fourth-order valence-electron chi connectivity index (χ4n) is 1.47. The summed E-state index contributed by atoms with van der Waals surface area (Å²) in [6.45, 7) is 5.67. The Morgan fingerprint density at radius 3 is 2.21 bits per heavy atom. The van der Waals surface area contributed by atoms with Gasteiger partial charge in [-0.05, 0) is 25.2 Å². The predicted molar refractivity (Wildman–Crippen MR) is 74.2 cm³/mol. The number of hydrogen-bond donors (Lipinski definition) is 1. The van der Waals surface area contributed by atoms with Crippen LogP contribution in [0.5, 0.6) is 0 Å². The number of ether oxygens (including phenoxy) is 1. The summed E-state index contributed by atoms with van der Waals surface area (Å²) in [5, 5.41) is 2.54. The van der Waals surface area contributed by atoms with E-state index in [1.165, 1.54) is 7.11 Å². The average molecular weight is 281 g/mol. The third kappa shape index (κ3) is 5.13. The van der Waals surface area contributed by atoms with Crippen LogP contribution in [0.25, 0.3) is 0 Å². The molecule has 1 aromatic rings. The van der Waals surface area contributed by atoms with Crippen LogP contribution in [0.15, 0.2) is 30.3 Å². The Hall–Kier alpha value is -1.82. The molecule has 0 aliphatic carbocycles. The van der Waals surface area contributed by atoms with Gasteiger partial charge in [0.05, 0.1) is 7.11 Å². The quantitative estimate of drug-likeness (QED) is 0.680. The Morgan fingerprint density at radius 2 is 1.74 bits per heavy atom. The molecular formula is C13H19NO4Si. The molecule has 0 fully saturated rings. The van der Waals surface area contributed by atoms with E-state index >= 15 is 0 Å². The average Bonchev–Trinajstić information content (AvgIpc) is 2.34. The molecule has 1 unspecified atom stereocenters. The third-order valence-corrected chi connectivity index (χ3v) is 3.03. The number of benzene rings is 1. The number of carbonyl (C=O) groups is 2. The van der Waals surface area contributed by atoms with Crippen molar-refractivity contribution in [2.45, 2.75) is 25.7 Å². The van der Waals surface area contributed by atoms with Crippen molar-refractivity contribution in [3.05, 3.63) is 35.9 Å². The van der Waals surface area contributed by atoms with Crippen LogP contribution < -0.4 is 5.32 Å². The van der Waals surface area contributed by atoms with Gasteiger partial charge in [0.15, 0.2) is 6.04 Å². The van der Waals surface area contributed by atoms with Gasteiger partial charge in [-0.1, -0.05) is 30.3 Å². The van der Waals surface area contributed by atoms with Gasteiger partial charge in [-0.3, -0.25) is 0 Å². The van der Waals surface area contributed by atoms with Gasteiger partial charge in [0.2, 0.25) is 8.32 Å². The zero-order chi connectivity index (χ0) is 14.5. The highest BCUT2D eigenvalue weighted by molar-refractivity contribution is 6.71. The normalized spacial score (nSPS) is 12.4. The molecule has 0 saturated carbocycles. The smallest absolute Gasteiger partial charge is 0.394 e. The lowest BCUT2D eigenvalue weighted by atomic mass is 10.1. The Kier molecular flexibility index (Phi) is 5.11. The number of rotatable bonds is 4.